The molecule has 0 spiro atoms. The van der Waals surface area contributed by atoms with Crippen LogP contribution in [0.5, 0.6) is 11.5 Å². The molecule has 3 heteroatoms. The molecule has 0 saturated carbocycles. The summed E-state index contributed by atoms with van der Waals surface area (Å²) in [7, 11) is 1.61. The van der Waals surface area contributed by atoms with Crippen LogP contribution in [0.2, 0.25) is 0 Å². The van der Waals surface area contributed by atoms with Crippen LogP contribution in [0.25, 0.3) is 0 Å². The van der Waals surface area contributed by atoms with Crippen molar-refractivity contribution in [2.45, 2.75) is 13.0 Å². The molecule has 0 radical (unpaired) electrons. The van der Waals surface area contributed by atoms with E-state index in [1.54, 1.807) is 7.11 Å². The van der Waals surface area contributed by atoms with Crippen molar-refractivity contribution in [1.82, 2.24) is 0 Å². The number of hydrogen-bond donors (Lipinski definition) is 1. The van der Waals surface area contributed by atoms with Crippen LogP contribution in [-0.2, 0) is 0 Å². The minimum atomic E-state index is -0.646. The lowest BCUT2D eigenvalue weighted by Crippen LogP contribution is -2.10. The summed E-state index contributed by atoms with van der Waals surface area (Å²) in [4.78, 5) is 0. The van der Waals surface area contributed by atoms with E-state index in [-0.39, 0.29) is 6.61 Å². The SMILES string of the molecule is COc1cc(C)ccc1OCC(O)c1ccccc1. The summed E-state index contributed by atoms with van der Waals surface area (Å²) < 4.78 is 10.9. The average Bonchev–Trinajstić information content (AvgIpc) is 2.46. The molecule has 0 aliphatic heterocycles. The third-order valence-corrected chi connectivity index (χ3v) is 2.90. The summed E-state index contributed by atoms with van der Waals surface area (Å²) in [6.45, 7) is 2.19. The van der Waals surface area contributed by atoms with Gasteiger partial charge in [-0.2, -0.15) is 0 Å². The standard InChI is InChI=1S/C16H18O3/c1-12-8-9-15(16(10-12)18-2)19-11-14(17)13-6-4-3-5-7-13/h3-10,14,17H,11H2,1-2H3. The first-order valence-corrected chi connectivity index (χ1v) is 6.21. The van der Waals surface area contributed by atoms with Gasteiger partial charge in [0.15, 0.2) is 11.5 Å². The highest BCUT2D eigenvalue weighted by atomic mass is 16.5. The quantitative estimate of drug-likeness (QED) is 0.895. The molecule has 0 aliphatic carbocycles. The Morgan fingerprint density at radius 1 is 1.05 bits per heavy atom. The number of benzene rings is 2. The number of rotatable bonds is 5. The molecule has 0 bridgehead atoms. The van der Waals surface area contributed by atoms with E-state index in [0.29, 0.717) is 11.5 Å². The molecule has 0 fully saturated rings. The lowest BCUT2D eigenvalue weighted by molar-refractivity contribution is 0.106. The van der Waals surface area contributed by atoms with Gasteiger partial charge in [0.05, 0.1) is 7.11 Å². The summed E-state index contributed by atoms with van der Waals surface area (Å²) in [5.74, 6) is 1.32. The molecule has 0 aliphatic rings. The molecular formula is C16H18O3. The minimum absolute atomic E-state index is 0.198. The van der Waals surface area contributed by atoms with Crippen LogP contribution in [0, 0.1) is 6.92 Å². The molecule has 2 rings (SSSR count). The van der Waals surface area contributed by atoms with Crippen LogP contribution >= 0.6 is 0 Å². The fraction of sp³-hybridized carbons (Fsp3) is 0.250. The summed E-state index contributed by atoms with van der Waals surface area (Å²) in [6.07, 6.45) is -0.646. The molecule has 2 aromatic rings. The zero-order valence-corrected chi connectivity index (χ0v) is 11.2. The second kappa shape index (κ2) is 6.25. The first kappa shape index (κ1) is 13.4. The van der Waals surface area contributed by atoms with Gasteiger partial charge < -0.3 is 14.6 Å². The number of methoxy groups -OCH3 is 1. The van der Waals surface area contributed by atoms with Crippen LogP contribution in [0.15, 0.2) is 48.5 Å². The van der Waals surface area contributed by atoms with Gasteiger partial charge in [-0.15, -0.1) is 0 Å². The van der Waals surface area contributed by atoms with E-state index in [2.05, 4.69) is 0 Å². The lowest BCUT2D eigenvalue weighted by atomic mass is 10.1. The highest BCUT2D eigenvalue weighted by Crippen LogP contribution is 2.28. The van der Waals surface area contributed by atoms with Gasteiger partial charge in [-0.3, -0.25) is 0 Å². The van der Waals surface area contributed by atoms with Crippen molar-refractivity contribution in [3.8, 4) is 11.5 Å². The number of aliphatic hydroxyl groups is 1. The Labute approximate surface area is 113 Å². The Bertz CT molecular complexity index is 523. The molecule has 1 N–H and O–H groups in total. The Morgan fingerprint density at radius 2 is 1.79 bits per heavy atom. The highest BCUT2D eigenvalue weighted by molar-refractivity contribution is 5.42. The molecule has 19 heavy (non-hydrogen) atoms. The zero-order valence-electron chi connectivity index (χ0n) is 11.2. The predicted molar refractivity (Wildman–Crippen MR) is 74.6 cm³/mol. The molecule has 0 saturated heterocycles. The van der Waals surface area contributed by atoms with Gasteiger partial charge in [0, 0.05) is 0 Å². The van der Waals surface area contributed by atoms with Crippen molar-refractivity contribution in [3.05, 3.63) is 59.7 Å². The van der Waals surface area contributed by atoms with Crippen LogP contribution in [0.1, 0.15) is 17.2 Å². The fourth-order valence-electron chi connectivity index (χ4n) is 1.83. The van der Waals surface area contributed by atoms with Crippen molar-refractivity contribution in [1.29, 1.82) is 0 Å². The van der Waals surface area contributed by atoms with E-state index in [4.69, 9.17) is 9.47 Å². The Kier molecular flexibility index (Phi) is 4.42. The molecule has 1 unspecified atom stereocenters. The maximum Gasteiger partial charge on any atom is 0.161 e. The molecule has 2 aromatic carbocycles. The van der Waals surface area contributed by atoms with Crippen molar-refractivity contribution < 1.29 is 14.6 Å². The third kappa shape index (κ3) is 3.48. The van der Waals surface area contributed by atoms with Gasteiger partial charge in [-0.1, -0.05) is 36.4 Å². The molecule has 100 valence electrons. The number of aliphatic hydroxyl groups excluding tert-OH is 1. The van der Waals surface area contributed by atoms with E-state index in [1.807, 2.05) is 55.5 Å². The molecule has 0 amide bonds. The summed E-state index contributed by atoms with van der Waals surface area (Å²) >= 11 is 0. The van der Waals surface area contributed by atoms with E-state index >= 15 is 0 Å². The van der Waals surface area contributed by atoms with Gasteiger partial charge in [0.2, 0.25) is 0 Å². The predicted octanol–water partition coefficient (Wildman–Crippen LogP) is 3.12. The minimum Gasteiger partial charge on any atom is -0.493 e. The first-order chi connectivity index (χ1) is 9.20. The highest BCUT2D eigenvalue weighted by Gasteiger charge is 2.10. The van der Waals surface area contributed by atoms with E-state index in [0.717, 1.165) is 11.1 Å². The van der Waals surface area contributed by atoms with Crippen molar-refractivity contribution >= 4 is 0 Å². The molecule has 0 aromatic heterocycles. The first-order valence-electron chi connectivity index (χ1n) is 6.21. The van der Waals surface area contributed by atoms with Gasteiger partial charge >= 0.3 is 0 Å². The smallest absolute Gasteiger partial charge is 0.161 e. The summed E-state index contributed by atoms with van der Waals surface area (Å²) in [6, 6.07) is 15.2. The Morgan fingerprint density at radius 3 is 2.47 bits per heavy atom. The largest absolute Gasteiger partial charge is 0.493 e. The second-order valence-electron chi connectivity index (χ2n) is 4.39. The number of hydrogen-bond acceptors (Lipinski definition) is 3. The van der Waals surface area contributed by atoms with E-state index in [9.17, 15) is 5.11 Å². The van der Waals surface area contributed by atoms with Crippen LogP contribution in [0.4, 0.5) is 0 Å². The van der Waals surface area contributed by atoms with Gasteiger partial charge in [-0.25, -0.2) is 0 Å². The third-order valence-electron chi connectivity index (χ3n) is 2.90. The lowest BCUT2D eigenvalue weighted by Gasteiger charge is -2.15. The summed E-state index contributed by atoms with van der Waals surface area (Å²) in [5, 5.41) is 10.0. The van der Waals surface area contributed by atoms with Crippen LogP contribution in [-0.4, -0.2) is 18.8 Å². The fourth-order valence-corrected chi connectivity index (χ4v) is 1.83. The van der Waals surface area contributed by atoms with Crippen molar-refractivity contribution in [3.63, 3.8) is 0 Å². The molecular weight excluding hydrogens is 240 g/mol. The normalized spacial score (nSPS) is 11.9. The average molecular weight is 258 g/mol. The van der Waals surface area contributed by atoms with Crippen molar-refractivity contribution in [2.24, 2.45) is 0 Å². The van der Waals surface area contributed by atoms with Gasteiger partial charge in [0.1, 0.15) is 12.7 Å². The molecule has 3 nitrogen and oxygen atoms in total. The van der Waals surface area contributed by atoms with Gasteiger partial charge in [0.25, 0.3) is 0 Å². The topological polar surface area (TPSA) is 38.7 Å². The summed E-state index contributed by atoms with van der Waals surface area (Å²) in [5.41, 5.74) is 1.95. The van der Waals surface area contributed by atoms with E-state index in [1.165, 1.54) is 0 Å². The number of ether oxygens (including phenoxy) is 2. The van der Waals surface area contributed by atoms with Crippen LogP contribution in [0.3, 0.4) is 0 Å². The maximum atomic E-state index is 10.0. The maximum absolute atomic E-state index is 10.0. The Balaban J connectivity index is 2.03. The second-order valence-corrected chi connectivity index (χ2v) is 4.39. The van der Waals surface area contributed by atoms with E-state index < -0.39 is 6.10 Å². The van der Waals surface area contributed by atoms with Crippen molar-refractivity contribution in [2.75, 3.05) is 13.7 Å². The molecule has 1 atom stereocenters. The zero-order chi connectivity index (χ0) is 13.7. The molecule has 0 heterocycles. The van der Waals surface area contributed by atoms with Gasteiger partial charge in [-0.05, 0) is 30.2 Å². The number of aryl methyl sites for hydroxylation is 1. The van der Waals surface area contributed by atoms with Crippen LogP contribution < -0.4 is 9.47 Å². The Hall–Kier alpha value is -2.00. The monoisotopic (exact) mass is 258 g/mol.